The third kappa shape index (κ3) is 4.70. The second kappa shape index (κ2) is 7.99. The lowest BCUT2D eigenvalue weighted by Gasteiger charge is -2.32. The van der Waals surface area contributed by atoms with Crippen LogP contribution in [0.2, 0.25) is 0 Å². The van der Waals surface area contributed by atoms with Crippen LogP contribution in [0.5, 0.6) is 0 Å². The third-order valence-corrected chi connectivity index (χ3v) is 4.15. The van der Waals surface area contributed by atoms with Gasteiger partial charge in [-0.1, -0.05) is 49.8 Å². The van der Waals surface area contributed by atoms with Gasteiger partial charge in [0.1, 0.15) is 0 Å². The van der Waals surface area contributed by atoms with Crippen molar-refractivity contribution in [3.05, 3.63) is 54.3 Å². The van der Waals surface area contributed by atoms with Crippen molar-refractivity contribution in [2.24, 2.45) is 5.92 Å². The second-order valence-corrected chi connectivity index (χ2v) is 5.50. The van der Waals surface area contributed by atoms with Gasteiger partial charge in [0.25, 0.3) is 0 Å². The maximum Gasteiger partial charge on any atom is 0.0208 e. The van der Waals surface area contributed by atoms with Gasteiger partial charge in [-0.3, -0.25) is 0 Å². The highest BCUT2D eigenvalue weighted by atomic mass is 14.9. The monoisotopic (exact) mass is 255 g/mol. The number of hydrogen-bond donors (Lipinski definition) is 1. The van der Waals surface area contributed by atoms with E-state index in [0.29, 0.717) is 6.04 Å². The minimum absolute atomic E-state index is 0.687. The number of hydrogen-bond acceptors (Lipinski definition) is 1. The van der Waals surface area contributed by atoms with Crippen LogP contribution in [0.25, 0.3) is 0 Å². The maximum absolute atomic E-state index is 3.76. The lowest BCUT2D eigenvalue weighted by molar-refractivity contribution is 0.249. The summed E-state index contributed by atoms with van der Waals surface area (Å²) in [5.74, 6) is 0.821. The molecule has 0 saturated heterocycles. The minimum Gasteiger partial charge on any atom is -0.310 e. The smallest absolute Gasteiger partial charge is 0.0208 e. The predicted octanol–water partition coefficient (Wildman–Crippen LogP) is 4.46. The van der Waals surface area contributed by atoms with Gasteiger partial charge in [-0.15, -0.1) is 5.73 Å². The summed E-state index contributed by atoms with van der Waals surface area (Å²) in [5, 5.41) is 3.76. The van der Waals surface area contributed by atoms with E-state index >= 15 is 0 Å². The van der Waals surface area contributed by atoms with E-state index < -0.39 is 0 Å². The largest absolute Gasteiger partial charge is 0.310 e. The Morgan fingerprint density at radius 2 is 2.00 bits per heavy atom. The summed E-state index contributed by atoms with van der Waals surface area (Å²) in [5.41, 5.74) is 4.27. The Bertz CT molecular complexity index is 403. The minimum atomic E-state index is 0.687. The molecular weight excluding hydrogens is 230 g/mol. The quantitative estimate of drug-likeness (QED) is 0.740. The van der Waals surface area contributed by atoms with E-state index in [2.05, 4.69) is 54.0 Å². The van der Waals surface area contributed by atoms with Gasteiger partial charge >= 0.3 is 0 Å². The Morgan fingerprint density at radius 3 is 2.79 bits per heavy atom. The summed E-state index contributed by atoms with van der Waals surface area (Å²) in [6.07, 6.45) is 9.94. The molecule has 0 radical (unpaired) electrons. The van der Waals surface area contributed by atoms with Crippen LogP contribution in [0.3, 0.4) is 0 Å². The van der Waals surface area contributed by atoms with Crippen molar-refractivity contribution in [1.82, 2.24) is 5.32 Å². The Balaban J connectivity index is 1.83. The van der Waals surface area contributed by atoms with Crippen molar-refractivity contribution in [2.75, 3.05) is 0 Å². The molecule has 1 N–H and O–H groups in total. The summed E-state index contributed by atoms with van der Waals surface area (Å²) in [6.45, 7) is 4.64. The Kier molecular flexibility index (Phi) is 5.94. The van der Waals surface area contributed by atoms with Crippen molar-refractivity contribution in [1.29, 1.82) is 0 Å². The van der Waals surface area contributed by atoms with Crippen molar-refractivity contribution in [2.45, 2.75) is 51.1 Å². The van der Waals surface area contributed by atoms with Crippen molar-refractivity contribution in [3.63, 3.8) is 0 Å². The number of allylic oxidation sites excluding steroid dienone is 1. The molecule has 1 aliphatic carbocycles. The molecule has 2 rings (SSSR count). The molecule has 1 aromatic carbocycles. The van der Waals surface area contributed by atoms with Gasteiger partial charge in [0.2, 0.25) is 0 Å². The number of benzene rings is 1. The highest BCUT2D eigenvalue weighted by Crippen LogP contribution is 2.28. The molecule has 0 aromatic heterocycles. The van der Waals surface area contributed by atoms with Gasteiger partial charge in [0.05, 0.1) is 0 Å². The summed E-state index contributed by atoms with van der Waals surface area (Å²) in [4.78, 5) is 0. The fourth-order valence-electron chi connectivity index (χ4n) is 3.07. The van der Waals surface area contributed by atoms with Crippen molar-refractivity contribution in [3.8, 4) is 0 Å². The Labute approximate surface area is 117 Å². The molecule has 0 bridgehead atoms. The van der Waals surface area contributed by atoms with Gasteiger partial charge in [0.15, 0.2) is 0 Å². The lowest BCUT2D eigenvalue weighted by atomic mass is 9.81. The average molecular weight is 255 g/mol. The average Bonchev–Trinajstić information content (AvgIpc) is 2.48. The molecule has 0 heterocycles. The van der Waals surface area contributed by atoms with Gasteiger partial charge in [-0.05, 0) is 43.2 Å². The molecule has 1 heteroatoms. The predicted molar refractivity (Wildman–Crippen MR) is 82.0 cm³/mol. The first-order valence-electron chi connectivity index (χ1n) is 7.52. The van der Waals surface area contributed by atoms with Crippen molar-refractivity contribution < 1.29 is 0 Å². The van der Waals surface area contributed by atoms with Gasteiger partial charge in [-0.25, -0.2) is 0 Å². The summed E-state index contributed by atoms with van der Waals surface area (Å²) in [7, 11) is 0. The molecule has 0 amide bonds. The van der Waals surface area contributed by atoms with Crippen molar-refractivity contribution >= 4 is 0 Å². The summed E-state index contributed by atoms with van der Waals surface area (Å²) < 4.78 is 0. The zero-order valence-electron chi connectivity index (χ0n) is 11.8. The van der Waals surface area contributed by atoms with Crippen LogP contribution in [0.1, 0.15) is 44.1 Å². The van der Waals surface area contributed by atoms with Crippen LogP contribution >= 0.6 is 0 Å². The number of rotatable bonds is 6. The molecule has 1 nitrogen and oxygen atoms in total. The van der Waals surface area contributed by atoms with E-state index in [-0.39, 0.29) is 0 Å². The standard InChI is InChI=1S/C18H25N/c1-2-3-5-12-17-13-8-9-14-18(17)19-15-16-10-6-4-7-11-16/h3-4,6-7,10-11,17-19H,1,5,8-9,12-15H2/t17-,18+/m0/s1. The molecule has 2 atom stereocenters. The van der Waals surface area contributed by atoms with Crippen LogP contribution in [0, 0.1) is 5.92 Å². The second-order valence-electron chi connectivity index (χ2n) is 5.50. The molecular formula is C18H25N. The third-order valence-electron chi connectivity index (χ3n) is 4.15. The van der Waals surface area contributed by atoms with Crippen LogP contribution in [-0.4, -0.2) is 6.04 Å². The van der Waals surface area contributed by atoms with Gasteiger partial charge < -0.3 is 5.32 Å². The SMILES string of the molecule is C=C=CCC[C@H]1CCCC[C@H]1NCc1ccccc1. The highest BCUT2D eigenvalue weighted by molar-refractivity contribution is 5.14. The Hall–Kier alpha value is -1.30. The van der Waals surface area contributed by atoms with E-state index in [9.17, 15) is 0 Å². The molecule has 102 valence electrons. The van der Waals surface area contributed by atoms with Crippen LogP contribution < -0.4 is 5.32 Å². The molecule has 1 aliphatic rings. The first-order valence-corrected chi connectivity index (χ1v) is 7.52. The maximum atomic E-state index is 3.76. The molecule has 0 spiro atoms. The first kappa shape index (κ1) is 14.1. The Morgan fingerprint density at radius 1 is 1.21 bits per heavy atom. The summed E-state index contributed by atoms with van der Waals surface area (Å²) >= 11 is 0. The molecule has 19 heavy (non-hydrogen) atoms. The van der Waals surface area contributed by atoms with Crippen LogP contribution in [0.4, 0.5) is 0 Å². The normalized spacial score (nSPS) is 22.7. The van der Waals surface area contributed by atoms with Gasteiger partial charge in [0, 0.05) is 12.6 Å². The zero-order chi connectivity index (χ0) is 13.3. The molecule has 1 fully saturated rings. The highest BCUT2D eigenvalue weighted by Gasteiger charge is 2.23. The van der Waals surface area contributed by atoms with Gasteiger partial charge in [-0.2, -0.15) is 0 Å². The van der Waals surface area contributed by atoms with Crippen LogP contribution in [-0.2, 0) is 6.54 Å². The zero-order valence-corrected chi connectivity index (χ0v) is 11.8. The summed E-state index contributed by atoms with van der Waals surface area (Å²) in [6, 6.07) is 11.4. The number of nitrogens with one attached hydrogen (secondary N) is 1. The fourth-order valence-corrected chi connectivity index (χ4v) is 3.07. The molecule has 0 unspecified atom stereocenters. The molecule has 1 saturated carbocycles. The molecule has 1 aromatic rings. The van der Waals surface area contributed by atoms with Crippen LogP contribution in [0.15, 0.2) is 48.7 Å². The van der Waals surface area contributed by atoms with E-state index in [1.807, 2.05) is 0 Å². The lowest BCUT2D eigenvalue weighted by Crippen LogP contribution is -2.38. The van der Waals surface area contributed by atoms with E-state index in [4.69, 9.17) is 0 Å². The molecule has 0 aliphatic heterocycles. The first-order chi connectivity index (χ1) is 9.40. The fraction of sp³-hybridized carbons (Fsp3) is 0.500. The van der Waals surface area contributed by atoms with E-state index in [1.54, 1.807) is 0 Å². The topological polar surface area (TPSA) is 12.0 Å². The van der Waals surface area contributed by atoms with E-state index in [0.717, 1.165) is 18.9 Å². The van der Waals surface area contributed by atoms with E-state index in [1.165, 1.54) is 37.7 Å².